The average Bonchev–Trinajstić information content (AvgIpc) is 3.60. The number of aromatic nitrogens is 5. The Bertz CT molecular complexity index is 1470. The summed E-state index contributed by atoms with van der Waals surface area (Å²) in [5.41, 5.74) is 3.81. The first-order valence-corrected chi connectivity index (χ1v) is 12.6. The fourth-order valence-corrected chi connectivity index (χ4v) is 5.38. The van der Waals surface area contributed by atoms with Gasteiger partial charge in [0.05, 0.1) is 12.3 Å². The van der Waals surface area contributed by atoms with Crippen molar-refractivity contribution in [1.29, 1.82) is 0 Å². The van der Waals surface area contributed by atoms with Crippen molar-refractivity contribution in [1.82, 2.24) is 30.1 Å². The largest absolute Gasteiger partial charge is 0.467 e. The van der Waals surface area contributed by atoms with E-state index in [1.165, 1.54) is 4.88 Å². The van der Waals surface area contributed by atoms with Gasteiger partial charge >= 0.3 is 0 Å². The first-order valence-electron chi connectivity index (χ1n) is 11.7. The number of aryl methyl sites for hydroxylation is 2. The Kier molecular flexibility index (Phi) is 6.61. The van der Waals surface area contributed by atoms with E-state index < -0.39 is 0 Å². The molecule has 180 valence electrons. The summed E-state index contributed by atoms with van der Waals surface area (Å²) in [5, 5.41) is 15.7. The molecule has 0 spiro atoms. The van der Waals surface area contributed by atoms with Gasteiger partial charge in [-0.1, -0.05) is 19.1 Å². The molecule has 5 rings (SSSR count). The van der Waals surface area contributed by atoms with E-state index in [2.05, 4.69) is 62.8 Å². The van der Waals surface area contributed by atoms with Crippen molar-refractivity contribution in [3.8, 4) is 0 Å². The third kappa shape index (κ3) is 4.96. The number of nitrogens with zero attached hydrogens (tertiary/aromatic N) is 5. The van der Waals surface area contributed by atoms with Crippen LogP contribution in [-0.4, -0.2) is 30.1 Å². The lowest BCUT2D eigenvalue weighted by molar-refractivity contribution is 0.162. The Labute approximate surface area is 207 Å². The van der Waals surface area contributed by atoms with Crippen molar-refractivity contribution in [2.45, 2.75) is 52.9 Å². The highest BCUT2D eigenvalue weighted by Crippen LogP contribution is 2.28. The molecule has 1 atom stereocenters. The second-order valence-electron chi connectivity index (χ2n) is 8.85. The molecule has 1 unspecified atom stereocenters. The molecule has 0 bridgehead atoms. The van der Waals surface area contributed by atoms with E-state index in [1.807, 2.05) is 31.2 Å². The molecule has 0 aliphatic heterocycles. The first-order chi connectivity index (χ1) is 17.0. The minimum Gasteiger partial charge on any atom is -0.467 e. The van der Waals surface area contributed by atoms with Gasteiger partial charge in [0.2, 0.25) is 0 Å². The number of benzene rings is 1. The molecule has 0 radical (unpaired) electrons. The number of hydrogen-bond donors (Lipinski definition) is 1. The molecule has 0 saturated heterocycles. The van der Waals surface area contributed by atoms with Crippen molar-refractivity contribution in [3.05, 3.63) is 97.6 Å². The molecule has 0 aliphatic rings. The fourth-order valence-electron chi connectivity index (χ4n) is 4.65. The lowest BCUT2D eigenvalue weighted by Gasteiger charge is -2.29. The maximum atomic E-state index is 13.1. The van der Waals surface area contributed by atoms with Crippen molar-refractivity contribution >= 4 is 22.2 Å². The van der Waals surface area contributed by atoms with Crippen LogP contribution in [0.1, 0.15) is 52.5 Å². The van der Waals surface area contributed by atoms with Gasteiger partial charge in [0.1, 0.15) is 12.3 Å². The zero-order chi connectivity index (χ0) is 24.4. The maximum absolute atomic E-state index is 13.1. The minimum atomic E-state index is -0.0868. The van der Waals surface area contributed by atoms with Crippen LogP contribution in [-0.2, 0) is 19.6 Å². The summed E-state index contributed by atoms with van der Waals surface area (Å²) in [6.45, 7) is 7.86. The number of aromatic amines is 1. The molecule has 1 aromatic carbocycles. The second-order valence-corrected chi connectivity index (χ2v) is 9.88. The summed E-state index contributed by atoms with van der Waals surface area (Å²) in [6, 6.07) is 14.0. The van der Waals surface area contributed by atoms with Gasteiger partial charge in [-0.05, 0) is 77.5 Å². The predicted octanol–water partition coefficient (Wildman–Crippen LogP) is 4.99. The van der Waals surface area contributed by atoms with Crippen molar-refractivity contribution in [2.75, 3.05) is 0 Å². The van der Waals surface area contributed by atoms with Gasteiger partial charge in [-0.25, -0.2) is 4.68 Å². The van der Waals surface area contributed by atoms with E-state index in [0.717, 1.165) is 45.6 Å². The standard InChI is InChI=1S/C26H28N6O2S/c1-4-24(25-28-29-30-32(25)15-20-7-5-9-34-20)31(16-21-8-6-10-35-21)14-19-13-22-18(3)11-17(2)12-23(22)27-26(19)33/h5-13,24H,4,14-16H2,1-3H3,(H,27,33). The van der Waals surface area contributed by atoms with Crippen LogP contribution < -0.4 is 5.56 Å². The van der Waals surface area contributed by atoms with E-state index in [1.54, 1.807) is 22.3 Å². The van der Waals surface area contributed by atoms with E-state index in [9.17, 15) is 4.79 Å². The van der Waals surface area contributed by atoms with Gasteiger partial charge in [0.25, 0.3) is 5.56 Å². The van der Waals surface area contributed by atoms with Crippen molar-refractivity contribution < 1.29 is 4.42 Å². The van der Waals surface area contributed by atoms with Gasteiger partial charge in [-0.2, -0.15) is 0 Å². The average molecular weight is 489 g/mol. The second kappa shape index (κ2) is 9.97. The summed E-state index contributed by atoms with van der Waals surface area (Å²) in [4.78, 5) is 19.7. The van der Waals surface area contributed by atoms with E-state index in [-0.39, 0.29) is 11.6 Å². The molecule has 0 fully saturated rings. The van der Waals surface area contributed by atoms with Gasteiger partial charge in [0, 0.05) is 34.4 Å². The highest BCUT2D eigenvalue weighted by Gasteiger charge is 2.26. The molecule has 1 N–H and O–H groups in total. The van der Waals surface area contributed by atoms with Crippen LogP contribution in [0.4, 0.5) is 0 Å². The number of pyridine rings is 1. The third-order valence-electron chi connectivity index (χ3n) is 6.27. The number of H-pyrrole nitrogens is 1. The lowest BCUT2D eigenvalue weighted by Crippen LogP contribution is -2.32. The minimum absolute atomic E-state index is 0.0660. The van der Waals surface area contributed by atoms with Crippen LogP contribution in [0.15, 0.2) is 63.3 Å². The SMILES string of the molecule is CCC(c1nnnn1Cc1ccco1)N(Cc1cccs1)Cc1cc2c(C)cc(C)cc2[nH]c1=O. The molecule has 9 heteroatoms. The lowest BCUT2D eigenvalue weighted by atomic mass is 10.0. The van der Waals surface area contributed by atoms with Gasteiger partial charge in [-0.3, -0.25) is 9.69 Å². The monoisotopic (exact) mass is 488 g/mol. The van der Waals surface area contributed by atoms with Crippen molar-refractivity contribution in [2.24, 2.45) is 0 Å². The molecular formula is C26H28N6O2S. The highest BCUT2D eigenvalue weighted by molar-refractivity contribution is 7.09. The molecule has 0 aliphatic carbocycles. The third-order valence-corrected chi connectivity index (χ3v) is 7.13. The number of furan rings is 1. The number of rotatable bonds is 9. The zero-order valence-electron chi connectivity index (χ0n) is 20.1. The van der Waals surface area contributed by atoms with E-state index >= 15 is 0 Å². The summed E-state index contributed by atoms with van der Waals surface area (Å²) < 4.78 is 7.30. The topological polar surface area (TPSA) is 92.8 Å². The van der Waals surface area contributed by atoms with Gasteiger partial charge in [0.15, 0.2) is 5.82 Å². The number of nitrogens with one attached hydrogen (secondary N) is 1. The maximum Gasteiger partial charge on any atom is 0.252 e. The number of thiophene rings is 1. The normalized spacial score (nSPS) is 12.6. The Morgan fingerprint density at radius 3 is 2.80 bits per heavy atom. The first kappa shape index (κ1) is 23.2. The van der Waals surface area contributed by atoms with E-state index in [4.69, 9.17) is 4.42 Å². The number of hydrogen-bond acceptors (Lipinski definition) is 7. The molecule has 35 heavy (non-hydrogen) atoms. The number of fused-ring (bicyclic) bond motifs is 1. The van der Waals surface area contributed by atoms with Crippen LogP contribution in [0.5, 0.6) is 0 Å². The summed E-state index contributed by atoms with van der Waals surface area (Å²) in [5.74, 6) is 1.54. The molecule has 5 aromatic rings. The van der Waals surface area contributed by atoms with Gasteiger partial charge in [-0.15, -0.1) is 16.4 Å². The smallest absolute Gasteiger partial charge is 0.252 e. The Hall–Kier alpha value is -3.56. The summed E-state index contributed by atoms with van der Waals surface area (Å²) in [7, 11) is 0. The molecule has 8 nitrogen and oxygen atoms in total. The zero-order valence-corrected chi connectivity index (χ0v) is 20.9. The molecule has 4 heterocycles. The van der Waals surface area contributed by atoms with Crippen molar-refractivity contribution in [3.63, 3.8) is 0 Å². The summed E-state index contributed by atoms with van der Waals surface area (Å²) in [6.07, 6.45) is 2.43. The Balaban J connectivity index is 1.52. The highest BCUT2D eigenvalue weighted by atomic mass is 32.1. The Morgan fingerprint density at radius 2 is 2.06 bits per heavy atom. The quantitative estimate of drug-likeness (QED) is 0.314. The summed E-state index contributed by atoms with van der Waals surface area (Å²) >= 11 is 1.70. The Morgan fingerprint density at radius 1 is 1.17 bits per heavy atom. The molecule has 0 amide bonds. The van der Waals surface area contributed by atoms with Crippen LogP contribution in [0, 0.1) is 13.8 Å². The fraction of sp³-hybridized carbons (Fsp3) is 0.308. The number of tetrazole rings is 1. The predicted molar refractivity (Wildman–Crippen MR) is 136 cm³/mol. The van der Waals surface area contributed by atoms with Gasteiger partial charge < -0.3 is 9.40 Å². The molecular weight excluding hydrogens is 460 g/mol. The molecule has 0 saturated carbocycles. The molecule has 4 aromatic heterocycles. The van der Waals surface area contributed by atoms with Crippen LogP contribution in [0.3, 0.4) is 0 Å². The van der Waals surface area contributed by atoms with Crippen LogP contribution in [0.25, 0.3) is 10.9 Å². The van der Waals surface area contributed by atoms with Crippen LogP contribution in [0.2, 0.25) is 0 Å². The van der Waals surface area contributed by atoms with E-state index in [0.29, 0.717) is 19.6 Å². The van der Waals surface area contributed by atoms with Crippen LogP contribution >= 0.6 is 11.3 Å².